The number of nitrogen functional groups attached to an aromatic ring is 1. The first-order valence-electron chi connectivity index (χ1n) is 6.02. The first kappa shape index (κ1) is 13.9. The lowest BCUT2D eigenvalue weighted by atomic mass is 10.0. The highest BCUT2D eigenvalue weighted by molar-refractivity contribution is 5.96. The quantitative estimate of drug-likeness (QED) is 0.838. The molecule has 0 bridgehead atoms. The highest BCUT2D eigenvalue weighted by atomic mass is 19.1. The molecule has 5 heteroatoms. The highest BCUT2D eigenvalue weighted by Crippen LogP contribution is 2.27. The summed E-state index contributed by atoms with van der Waals surface area (Å²) in [5, 5.41) is 0. The van der Waals surface area contributed by atoms with E-state index in [9.17, 15) is 9.18 Å². The number of anilines is 1. The molecule has 0 spiro atoms. The summed E-state index contributed by atoms with van der Waals surface area (Å²) >= 11 is 0. The average Bonchev–Trinajstić information content (AvgIpc) is 2.40. The predicted octanol–water partition coefficient (Wildman–Crippen LogP) is 2.11. The van der Waals surface area contributed by atoms with Gasteiger partial charge in [0.2, 0.25) is 0 Å². The van der Waals surface area contributed by atoms with Crippen LogP contribution in [-0.2, 0) is 6.42 Å². The minimum atomic E-state index is -0.722. The van der Waals surface area contributed by atoms with Crippen LogP contribution in [0.4, 0.5) is 10.1 Å². The zero-order chi connectivity index (χ0) is 14.7. The predicted molar refractivity (Wildman–Crippen MR) is 75.1 cm³/mol. The molecule has 4 N–H and O–H groups in total. The van der Waals surface area contributed by atoms with Crippen molar-refractivity contribution < 1.29 is 13.9 Å². The van der Waals surface area contributed by atoms with Gasteiger partial charge in [0.15, 0.2) is 0 Å². The Bertz CT molecular complexity index is 639. The second-order valence-electron chi connectivity index (χ2n) is 4.43. The fourth-order valence-electron chi connectivity index (χ4n) is 2.06. The van der Waals surface area contributed by atoms with Gasteiger partial charge in [-0.3, -0.25) is 4.79 Å². The number of rotatable bonds is 4. The van der Waals surface area contributed by atoms with E-state index in [1.54, 1.807) is 12.1 Å². The Balaban J connectivity index is 2.45. The highest BCUT2D eigenvalue weighted by Gasteiger charge is 2.16. The van der Waals surface area contributed by atoms with Crippen molar-refractivity contribution in [1.82, 2.24) is 0 Å². The fraction of sp³-hybridized carbons (Fsp3) is 0.133. The maximum atomic E-state index is 13.6. The van der Waals surface area contributed by atoms with E-state index in [1.807, 2.05) is 12.1 Å². The Morgan fingerprint density at radius 2 is 1.90 bits per heavy atom. The standard InChI is InChI=1S/C15H15FN2O2/c1-20-14-10(6-9-2-4-12(17)5-3-9)7-11(16)8-13(14)15(18)19/h2-5,7-8H,6,17H2,1H3,(H2,18,19). The number of methoxy groups -OCH3 is 1. The Kier molecular flexibility index (Phi) is 3.89. The molecule has 0 atom stereocenters. The molecule has 0 saturated carbocycles. The van der Waals surface area contributed by atoms with Gasteiger partial charge in [0.25, 0.3) is 5.91 Å². The Morgan fingerprint density at radius 3 is 2.45 bits per heavy atom. The van der Waals surface area contributed by atoms with Crippen molar-refractivity contribution in [3.8, 4) is 5.75 Å². The van der Waals surface area contributed by atoms with E-state index in [1.165, 1.54) is 13.2 Å². The molecule has 1 amide bonds. The van der Waals surface area contributed by atoms with E-state index >= 15 is 0 Å². The lowest BCUT2D eigenvalue weighted by Crippen LogP contribution is -2.14. The van der Waals surface area contributed by atoms with Crippen molar-refractivity contribution in [2.45, 2.75) is 6.42 Å². The van der Waals surface area contributed by atoms with Gasteiger partial charge in [-0.25, -0.2) is 4.39 Å². The van der Waals surface area contributed by atoms with Crippen LogP contribution in [0.25, 0.3) is 0 Å². The number of hydrogen-bond acceptors (Lipinski definition) is 3. The van der Waals surface area contributed by atoms with Crippen LogP contribution in [0.15, 0.2) is 36.4 Å². The van der Waals surface area contributed by atoms with Gasteiger partial charge < -0.3 is 16.2 Å². The van der Waals surface area contributed by atoms with Crippen LogP contribution in [0.1, 0.15) is 21.5 Å². The van der Waals surface area contributed by atoms with Crippen LogP contribution >= 0.6 is 0 Å². The van der Waals surface area contributed by atoms with Gasteiger partial charge in [-0.15, -0.1) is 0 Å². The number of amides is 1. The lowest BCUT2D eigenvalue weighted by molar-refractivity contribution is 0.0996. The van der Waals surface area contributed by atoms with Gasteiger partial charge in [0.05, 0.1) is 12.7 Å². The molecule has 2 aromatic carbocycles. The second kappa shape index (κ2) is 5.61. The number of benzene rings is 2. The topological polar surface area (TPSA) is 78.3 Å². The summed E-state index contributed by atoms with van der Waals surface area (Å²) in [4.78, 5) is 11.3. The molecule has 104 valence electrons. The number of ether oxygens (including phenoxy) is 1. The maximum absolute atomic E-state index is 13.6. The van der Waals surface area contributed by atoms with Crippen molar-refractivity contribution >= 4 is 11.6 Å². The summed E-state index contributed by atoms with van der Waals surface area (Å²) in [5.41, 5.74) is 13.0. The van der Waals surface area contributed by atoms with Gasteiger partial charge in [-0.1, -0.05) is 12.1 Å². The molecule has 4 nitrogen and oxygen atoms in total. The lowest BCUT2D eigenvalue weighted by Gasteiger charge is -2.12. The molecule has 2 rings (SSSR count). The van der Waals surface area contributed by atoms with E-state index in [0.717, 1.165) is 11.6 Å². The summed E-state index contributed by atoms with van der Waals surface area (Å²) in [5.74, 6) is -0.944. The minimum absolute atomic E-state index is 0.0398. The van der Waals surface area contributed by atoms with Crippen molar-refractivity contribution in [3.05, 3.63) is 58.9 Å². The normalized spacial score (nSPS) is 10.3. The Hall–Kier alpha value is -2.56. The number of carbonyl (C=O) groups excluding carboxylic acids is 1. The van der Waals surface area contributed by atoms with Crippen LogP contribution in [0.3, 0.4) is 0 Å². The molecule has 0 fully saturated rings. The van der Waals surface area contributed by atoms with E-state index < -0.39 is 11.7 Å². The molecule has 0 radical (unpaired) electrons. The molecule has 0 aliphatic heterocycles. The van der Waals surface area contributed by atoms with Crippen LogP contribution < -0.4 is 16.2 Å². The summed E-state index contributed by atoms with van der Waals surface area (Å²) in [7, 11) is 1.42. The second-order valence-corrected chi connectivity index (χ2v) is 4.43. The number of nitrogens with two attached hydrogens (primary N) is 2. The van der Waals surface area contributed by atoms with Crippen molar-refractivity contribution in [3.63, 3.8) is 0 Å². The van der Waals surface area contributed by atoms with Crippen molar-refractivity contribution in [2.24, 2.45) is 5.73 Å². The largest absolute Gasteiger partial charge is 0.496 e. The molecule has 2 aromatic rings. The number of carbonyl (C=O) groups is 1. The van der Waals surface area contributed by atoms with Gasteiger partial charge >= 0.3 is 0 Å². The first-order valence-corrected chi connectivity index (χ1v) is 6.02. The molecule has 0 aromatic heterocycles. The molecule has 0 aliphatic rings. The average molecular weight is 274 g/mol. The third-order valence-electron chi connectivity index (χ3n) is 2.97. The Morgan fingerprint density at radius 1 is 1.25 bits per heavy atom. The number of halogens is 1. The first-order chi connectivity index (χ1) is 9.51. The summed E-state index contributed by atoms with van der Waals surface area (Å²) in [6, 6.07) is 9.61. The van der Waals surface area contributed by atoms with Crippen LogP contribution in [0.2, 0.25) is 0 Å². The van der Waals surface area contributed by atoms with E-state index in [2.05, 4.69) is 0 Å². The summed E-state index contributed by atoms with van der Waals surface area (Å²) in [6.07, 6.45) is 0.418. The summed E-state index contributed by atoms with van der Waals surface area (Å²) in [6.45, 7) is 0. The van der Waals surface area contributed by atoms with Crippen molar-refractivity contribution in [2.75, 3.05) is 12.8 Å². The Labute approximate surface area is 116 Å². The van der Waals surface area contributed by atoms with Gasteiger partial charge in [0.1, 0.15) is 11.6 Å². The monoisotopic (exact) mass is 274 g/mol. The van der Waals surface area contributed by atoms with Crippen molar-refractivity contribution in [1.29, 1.82) is 0 Å². The van der Waals surface area contributed by atoms with Crippen LogP contribution in [0.5, 0.6) is 5.75 Å². The maximum Gasteiger partial charge on any atom is 0.252 e. The van der Waals surface area contributed by atoms with Gasteiger partial charge in [-0.2, -0.15) is 0 Å². The SMILES string of the molecule is COc1c(Cc2ccc(N)cc2)cc(F)cc1C(N)=O. The fourth-order valence-corrected chi connectivity index (χ4v) is 2.06. The van der Waals surface area contributed by atoms with E-state index in [0.29, 0.717) is 23.4 Å². The molecule has 0 heterocycles. The molecular formula is C15H15FN2O2. The molecule has 0 aliphatic carbocycles. The van der Waals surface area contributed by atoms with Crippen LogP contribution in [0, 0.1) is 5.82 Å². The third kappa shape index (κ3) is 2.88. The summed E-state index contributed by atoms with van der Waals surface area (Å²) < 4.78 is 18.8. The third-order valence-corrected chi connectivity index (χ3v) is 2.97. The molecular weight excluding hydrogens is 259 g/mol. The van der Waals surface area contributed by atoms with Gasteiger partial charge in [0, 0.05) is 17.7 Å². The smallest absolute Gasteiger partial charge is 0.252 e. The van der Waals surface area contributed by atoms with Crippen LogP contribution in [-0.4, -0.2) is 13.0 Å². The molecule has 0 unspecified atom stereocenters. The number of hydrogen-bond donors (Lipinski definition) is 2. The van der Waals surface area contributed by atoms with E-state index in [-0.39, 0.29) is 5.56 Å². The number of primary amides is 1. The van der Waals surface area contributed by atoms with Gasteiger partial charge in [-0.05, 0) is 29.8 Å². The molecule has 0 saturated heterocycles. The molecule has 20 heavy (non-hydrogen) atoms. The zero-order valence-electron chi connectivity index (χ0n) is 11.0. The van der Waals surface area contributed by atoms with E-state index in [4.69, 9.17) is 16.2 Å². The minimum Gasteiger partial charge on any atom is -0.496 e. The zero-order valence-corrected chi connectivity index (χ0v) is 11.0.